The number of carbonyl (C=O) groups is 1. The first-order valence-electron chi connectivity index (χ1n) is 8.90. The van der Waals surface area contributed by atoms with Crippen LogP contribution in [0.5, 0.6) is 5.75 Å². The molecule has 1 unspecified atom stereocenters. The molecule has 0 saturated heterocycles. The highest BCUT2D eigenvalue weighted by molar-refractivity contribution is 8.14. The molecule has 0 aliphatic carbocycles. The molecular weight excluding hydrogens is 413 g/mol. The SMILES string of the molecule is COc1ccccc1C1SC(c2ccc(F)cc2)=NN1C(=O)c1cc(F)cc(F)c1. The number of methoxy groups -OCH3 is 1. The van der Waals surface area contributed by atoms with E-state index in [2.05, 4.69) is 5.10 Å². The van der Waals surface area contributed by atoms with Crippen molar-refractivity contribution in [1.29, 1.82) is 0 Å². The summed E-state index contributed by atoms with van der Waals surface area (Å²) in [6, 6.07) is 15.4. The van der Waals surface area contributed by atoms with E-state index in [1.165, 1.54) is 31.0 Å². The van der Waals surface area contributed by atoms with Gasteiger partial charge in [0.1, 0.15) is 33.6 Å². The Hall–Kier alpha value is -3.26. The molecule has 0 bridgehead atoms. The third kappa shape index (κ3) is 3.91. The van der Waals surface area contributed by atoms with Crippen molar-refractivity contribution in [3.63, 3.8) is 0 Å². The number of hydrogen-bond donors (Lipinski definition) is 0. The Morgan fingerprint density at radius 2 is 1.63 bits per heavy atom. The number of hydrazone groups is 1. The Morgan fingerprint density at radius 1 is 0.967 bits per heavy atom. The van der Waals surface area contributed by atoms with Gasteiger partial charge < -0.3 is 4.74 Å². The molecule has 1 atom stereocenters. The number of rotatable bonds is 4. The van der Waals surface area contributed by atoms with E-state index in [4.69, 9.17) is 4.74 Å². The van der Waals surface area contributed by atoms with Crippen molar-refractivity contribution >= 4 is 22.7 Å². The molecule has 0 aromatic heterocycles. The molecule has 0 fully saturated rings. The van der Waals surface area contributed by atoms with E-state index in [0.717, 1.165) is 17.1 Å². The highest BCUT2D eigenvalue weighted by atomic mass is 32.2. The van der Waals surface area contributed by atoms with Gasteiger partial charge in [-0.05, 0) is 42.5 Å². The van der Waals surface area contributed by atoms with Gasteiger partial charge in [0, 0.05) is 22.8 Å². The van der Waals surface area contributed by atoms with E-state index in [9.17, 15) is 18.0 Å². The van der Waals surface area contributed by atoms with Crippen molar-refractivity contribution < 1.29 is 22.7 Å². The van der Waals surface area contributed by atoms with Gasteiger partial charge in [-0.2, -0.15) is 5.10 Å². The molecule has 8 heteroatoms. The molecule has 1 aliphatic heterocycles. The predicted octanol–water partition coefficient (Wildman–Crippen LogP) is 5.36. The smallest absolute Gasteiger partial charge is 0.275 e. The fourth-order valence-electron chi connectivity index (χ4n) is 3.07. The van der Waals surface area contributed by atoms with E-state index in [1.54, 1.807) is 36.4 Å². The lowest BCUT2D eigenvalue weighted by Gasteiger charge is -2.22. The normalized spacial score (nSPS) is 15.8. The molecular formula is C22H15F3N2O2S. The zero-order chi connectivity index (χ0) is 21.3. The Kier molecular flexibility index (Phi) is 5.50. The Labute approximate surface area is 175 Å². The van der Waals surface area contributed by atoms with Crippen LogP contribution in [-0.4, -0.2) is 23.1 Å². The Morgan fingerprint density at radius 3 is 2.30 bits per heavy atom. The molecule has 1 heterocycles. The Bertz CT molecular complexity index is 1120. The number of nitrogens with zero attached hydrogens (tertiary/aromatic N) is 2. The number of thioether (sulfide) groups is 1. The summed E-state index contributed by atoms with van der Waals surface area (Å²) in [4.78, 5) is 13.1. The van der Waals surface area contributed by atoms with Gasteiger partial charge in [0.25, 0.3) is 5.91 Å². The van der Waals surface area contributed by atoms with Crippen LogP contribution in [0.15, 0.2) is 71.8 Å². The van der Waals surface area contributed by atoms with Gasteiger partial charge in [-0.3, -0.25) is 4.79 Å². The van der Waals surface area contributed by atoms with Crippen LogP contribution in [0.2, 0.25) is 0 Å². The third-order valence-corrected chi connectivity index (χ3v) is 5.68. The average Bonchev–Trinajstić information content (AvgIpc) is 3.18. The number of para-hydroxylation sites is 1. The number of hydrogen-bond acceptors (Lipinski definition) is 4. The maximum atomic E-state index is 13.7. The minimum atomic E-state index is -0.859. The van der Waals surface area contributed by atoms with Crippen LogP contribution >= 0.6 is 11.8 Å². The van der Waals surface area contributed by atoms with E-state index >= 15 is 0 Å². The van der Waals surface area contributed by atoms with Gasteiger partial charge >= 0.3 is 0 Å². The van der Waals surface area contributed by atoms with Crippen molar-refractivity contribution in [2.75, 3.05) is 7.11 Å². The average molecular weight is 428 g/mol. The quantitative estimate of drug-likeness (QED) is 0.562. The van der Waals surface area contributed by atoms with Crippen LogP contribution < -0.4 is 4.74 Å². The van der Waals surface area contributed by atoms with Crippen LogP contribution in [0.3, 0.4) is 0 Å². The standard InChI is InChI=1S/C22H15F3N2O2S/c1-29-19-5-3-2-4-18(19)22-27(21(28)14-10-16(24)12-17(25)11-14)26-20(30-22)13-6-8-15(23)9-7-13/h2-12,22H,1H3. The topological polar surface area (TPSA) is 41.9 Å². The summed E-state index contributed by atoms with van der Waals surface area (Å²) in [6.07, 6.45) is 0. The molecule has 1 amide bonds. The summed E-state index contributed by atoms with van der Waals surface area (Å²) >= 11 is 1.26. The molecule has 4 nitrogen and oxygen atoms in total. The van der Waals surface area contributed by atoms with Crippen LogP contribution in [0.4, 0.5) is 13.2 Å². The second kappa shape index (κ2) is 8.23. The fraction of sp³-hybridized carbons (Fsp3) is 0.0909. The molecule has 4 rings (SSSR count). The van der Waals surface area contributed by atoms with Crippen LogP contribution in [0.1, 0.15) is 26.9 Å². The monoisotopic (exact) mass is 428 g/mol. The largest absolute Gasteiger partial charge is 0.496 e. The van der Waals surface area contributed by atoms with Crippen molar-refractivity contribution in [3.05, 3.63) is 101 Å². The lowest BCUT2D eigenvalue weighted by molar-refractivity contribution is 0.0747. The predicted molar refractivity (Wildman–Crippen MR) is 109 cm³/mol. The van der Waals surface area contributed by atoms with E-state index < -0.39 is 28.7 Å². The fourth-order valence-corrected chi connectivity index (χ4v) is 4.26. The highest BCUT2D eigenvalue weighted by Gasteiger charge is 2.36. The molecule has 152 valence electrons. The van der Waals surface area contributed by atoms with Crippen molar-refractivity contribution in [1.82, 2.24) is 5.01 Å². The van der Waals surface area contributed by atoms with Crippen LogP contribution in [-0.2, 0) is 0 Å². The molecule has 0 N–H and O–H groups in total. The summed E-state index contributed by atoms with van der Waals surface area (Å²) < 4.78 is 46.1. The molecule has 30 heavy (non-hydrogen) atoms. The summed E-state index contributed by atoms with van der Waals surface area (Å²) in [6.45, 7) is 0. The lowest BCUT2D eigenvalue weighted by atomic mass is 10.1. The van der Waals surface area contributed by atoms with Crippen molar-refractivity contribution in [2.45, 2.75) is 5.37 Å². The van der Waals surface area contributed by atoms with Crippen LogP contribution in [0, 0.1) is 17.5 Å². The highest BCUT2D eigenvalue weighted by Crippen LogP contribution is 2.45. The first kappa shape index (κ1) is 20.0. The molecule has 3 aromatic carbocycles. The summed E-state index contributed by atoms with van der Waals surface area (Å²) in [7, 11) is 1.51. The van der Waals surface area contributed by atoms with Gasteiger partial charge in [-0.25, -0.2) is 18.2 Å². The lowest BCUT2D eigenvalue weighted by Crippen LogP contribution is -2.26. The van der Waals surface area contributed by atoms with Gasteiger partial charge in [0.15, 0.2) is 0 Å². The minimum Gasteiger partial charge on any atom is -0.496 e. The summed E-state index contributed by atoms with van der Waals surface area (Å²) in [5, 5.41) is 5.39. The maximum absolute atomic E-state index is 13.7. The molecule has 0 saturated carbocycles. The van der Waals surface area contributed by atoms with Crippen molar-refractivity contribution in [2.24, 2.45) is 5.10 Å². The number of carbonyl (C=O) groups excluding carboxylic acids is 1. The maximum Gasteiger partial charge on any atom is 0.275 e. The van der Waals surface area contributed by atoms with Crippen LogP contribution in [0.25, 0.3) is 0 Å². The summed E-state index contributed by atoms with van der Waals surface area (Å²) in [5.41, 5.74) is 1.11. The zero-order valence-electron chi connectivity index (χ0n) is 15.7. The molecule has 3 aromatic rings. The molecule has 0 radical (unpaired) electrons. The second-order valence-electron chi connectivity index (χ2n) is 6.43. The summed E-state index contributed by atoms with van der Waals surface area (Å²) in [5.74, 6) is -2.25. The number of ether oxygens (including phenoxy) is 1. The Balaban J connectivity index is 1.78. The van der Waals surface area contributed by atoms with Gasteiger partial charge in [-0.15, -0.1) is 0 Å². The number of halogens is 3. The molecule has 1 aliphatic rings. The van der Waals surface area contributed by atoms with Gasteiger partial charge in [0.05, 0.1) is 7.11 Å². The zero-order valence-corrected chi connectivity index (χ0v) is 16.5. The molecule has 0 spiro atoms. The number of amides is 1. The third-order valence-electron chi connectivity index (χ3n) is 4.46. The van der Waals surface area contributed by atoms with E-state index in [0.29, 0.717) is 28.0 Å². The number of benzene rings is 3. The first-order valence-corrected chi connectivity index (χ1v) is 9.78. The van der Waals surface area contributed by atoms with E-state index in [-0.39, 0.29) is 5.56 Å². The van der Waals surface area contributed by atoms with Gasteiger partial charge in [-0.1, -0.05) is 30.0 Å². The van der Waals surface area contributed by atoms with Crippen molar-refractivity contribution in [3.8, 4) is 5.75 Å². The second-order valence-corrected chi connectivity index (χ2v) is 7.50. The minimum absolute atomic E-state index is 0.169. The first-order chi connectivity index (χ1) is 14.5. The van der Waals surface area contributed by atoms with Gasteiger partial charge in [0.2, 0.25) is 0 Å². The van der Waals surface area contributed by atoms with E-state index in [1.807, 2.05) is 0 Å².